The summed E-state index contributed by atoms with van der Waals surface area (Å²) < 4.78 is 7.54. The first-order valence-electron chi connectivity index (χ1n) is 6.25. The van der Waals surface area contributed by atoms with Gasteiger partial charge in [-0.2, -0.15) is 4.68 Å². The molecular weight excluding hydrogens is 228 g/mol. The van der Waals surface area contributed by atoms with Gasteiger partial charge in [0.2, 0.25) is 0 Å². The molecule has 0 spiro atoms. The second-order valence-electron chi connectivity index (χ2n) is 4.39. The van der Waals surface area contributed by atoms with Crippen molar-refractivity contribution >= 4 is 0 Å². The third kappa shape index (κ3) is 2.67. The van der Waals surface area contributed by atoms with Gasteiger partial charge in [0.05, 0.1) is 6.10 Å². The highest BCUT2D eigenvalue weighted by Gasteiger charge is 2.12. The van der Waals surface area contributed by atoms with Gasteiger partial charge in [0, 0.05) is 6.42 Å². The number of ether oxygens (including phenoxy) is 1. The monoisotopic (exact) mass is 246 g/mol. The Balaban J connectivity index is 2.40. The zero-order chi connectivity index (χ0) is 13.0. The van der Waals surface area contributed by atoms with Gasteiger partial charge < -0.3 is 4.74 Å². The Morgan fingerprint density at radius 1 is 1.28 bits per heavy atom. The maximum atomic E-state index is 5.79. The summed E-state index contributed by atoms with van der Waals surface area (Å²) in [5.74, 6) is 1.66. The van der Waals surface area contributed by atoms with Crippen molar-refractivity contribution in [3.63, 3.8) is 0 Å². The van der Waals surface area contributed by atoms with Gasteiger partial charge in [-0.15, -0.1) is 5.10 Å². The number of nitrogens with zero attached hydrogens (tertiary/aromatic N) is 4. The normalized spacial score (nSPS) is 10.9. The first-order valence-corrected chi connectivity index (χ1v) is 6.25. The molecule has 2 aromatic rings. The van der Waals surface area contributed by atoms with Crippen LogP contribution in [-0.4, -0.2) is 26.3 Å². The van der Waals surface area contributed by atoms with E-state index in [1.54, 1.807) is 4.68 Å². The van der Waals surface area contributed by atoms with Crippen molar-refractivity contribution in [1.82, 2.24) is 20.2 Å². The standard InChI is InChI=1S/C13H18N4O/c1-4-7-13-14-15-16-17(13)11-8-5-6-9-12(11)18-10(2)3/h5-6,8-10H,4,7H2,1-3H3. The molecule has 0 aliphatic rings. The fourth-order valence-electron chi connectivity index (χ4n) is 1.76. The van der Waals surface area contributed by atoms with Gasteiger partial charge in [-0.3, -0.25) is 0 Å². The van der Waals surface area contributed by atoms with Crippen molar-refractivity contribution in [2.45, 2.75) is 39.7 Å². The number of hydrogen-bond donors (Lipinski definition) is 0. The zero-order valence-electron chi connectivity index (χ0n) is 11.0. The molecule has 2 rings (SSSR count). The van der Waals surface area contributed by atoms with E-state index < -0.39 is 0 Å². The van der Waals surface area contributed by atoms with E-state index in [1.165, 1.54) is 0 Å². The average Bonchev–Trinajstić information content (AvgIpc) is 2.78. The van der Waals surface area contributed by atoms with Gasteiger partial charge in [0.25, 0.3) is 0 Å². The number of hydrogen-bond acceptors (Lipinski definition) is 4. The third-order valence-electron chi connectivity index (χ3n) is 2.46. The zero-order valence-corrected chi connectivity index (χ0v) is 11.0. The summed E-state index contributed by atoms with van der Waals surface area (Å²) in [7, 11) is 0. The molecule has 0 fully saturated rings. The van der Waals surface area contributed by atoms with Gasteiger partial charge in [-0.1, -0.05) is 19.1 Å². The van der Waals surface area contributed by atoms with E-state index in [-0.39, 0.29) is 6.10 Å². The van der Waals surface area contributed by atoms with Crippen LogP contribution in [0.25, 0.3) is 5.69 Å². The molecule has 0 unspecified atom stereocenters. The van der Waals surface area contributed by atoms with Crippen LogP contribution in [0.1, 0.15) is 33.0 Å². The van der Waals surface area contributed by atoms with Gasteiger partial charge in [-0.25, -0.2) is 0 Å². The number of benzene rings is 1. The minimum atomic E-state index is 0.122. The van der Waals surface area contributed by atoms with Gasteiger partial charge >= 0.3 is 0 Å². The summed E-state index contributed by atoms with van der Waals surface area (Å²) in [5.41, 5.74) is 0.889. The predicted molar refractivity (Wildman–Crippen MR) is 68.9 cm³/mol. The van der Waals surface area contributed by atoms with Crippen LogP contribution in [0.3, 0.4) is 0 Å². The molecular formula is C13H18N4O. The van der Waals surface area contributed by atoms with Crippen molar-refractivity contribution in [2.75, 3.05) is 0 Å². The molecule has 0 N–H and O–H groups in total. The summed E-state index contributed by atoms with van der Waals surface area (Å²) in [6.45, 7) is 6.11. The smallest absolute Gasteiger partial charge is 0.156 e. The fourth-order valence-corrected chi connectivity index (χ4v) is 1.76. The lowest BCUT2D eigenvalue weighted by Crippen LogP contribution is -2.10. The van der Waals surface area contributed by atoms with Gasteiger partial charge in [0.1, 0.15) is 11.4 Å². The van der Waals surface area contributed by atoms with E-state index in [2.05, 4.69) is 22.4 Å². The summed E-state index contributed by atoms with van der Waals surface area (Å²) in [6, 6.07) is 7.81. The van der Waals surface area contributed by atoms with Crippen LogP contribution in [0, 0.1) is 0 Å². The Morgan fingerprint density at radius 2 is 2.06 bits per heavy atom. The van der Waals surface area contributed by atoms with E-state index in [0.717, 1.165) is 30.1 Å². The summed E-state index contributed by atoms with van der Waals surface area (Å²) in [6.07, 6.45) is 1.98. The van der Waals surface area contributed by atoms with Crippen molar-refractivity contribution in [3.8, 4) is 11.4 Å². The molecule has 0 radical (unpaired) electrons. The molecule has 0 saturated carbocycles. The highest BCUT2D eigenvalue weighted by Crippen LogP contribution is 2.23. The fraction of sp³-hybridized carbons (Fsp3) is 0.462. The van der Waals surface area contributed by atoms with Crippen LogP contribution in [0.5, 0.6) is 5.75 Å². The van der Waals surface area contributed by atoms with Gasteiger partial charge in [-0.05, 0) is 42.8 Å². The largest absolute Gasteiger partial charge is 0.489 e. The van der Waals surface area contributed by atoms with Crippen molar-refractivity contribution < 1.29 is 4.74 Å². The third-order valence-corrected chi connectivity index (χ3v) is 2.46. The molecule has 5 heteroatoms. The Bertz CT molecular complexity index is 507. The van der Waals surface area contributed by atoms with E-state index in [9.17, 15) is 0 Å². The molecule has 96 valence electrons. The molecule has 0 bridgehead atoms. The second kappa shape index (κ2) is 5.62. The molecule has 0 amide bonds. The molecule has 5 nitrogen and oxygen atoms in total. The number of para-hydroxylation sites is 2. The maximum Gasteiger partial charge on any atom is 0.156 e. The second-order valence-corrected chi connectivity index (χ2v) is 4.39. The number of aromatic nitrogens is 4. The highest BCUT2D eigenvalue weighted by molar-refractivity contribution is 5.46. The molecule has 1 heterocycles. The minimum absolute atomic E-state index is 0.122. The average molecular weight is 246 g/mol. The van der Waals surface area contributed by atoms with Crippen LogP contribution < -0.4 is 4.74 Å². The predicted octanol–water partition coefficient (Wildman–Crippen LogP) is 2.40. The molecule has 18 heavy (non-hydrogen) atoms. The van der Waals surface area contributed by atoms with Crippen LogP contribution in [0.4, 0.5) is 0 Å². The SMILES string of the molecule is CCCc1nnnn1-c1ccccc1OC(C)C. The number of tetrazole rings is 1. The maximum absolute atomic E-state index is 5.79. The van der Waals surface area contributed by atoms with Crippen LogP contribution >= 0.6 is 0 Å². The van der Waals surface area contributed by atoms with E-state index in [1.807, 2.05) is 38.1 Å². The quantitative estimate of drug-likeness (QED) is 0.813. The molecule has 0 aliphatic carbocycles. The molecule has 0 saturated heterocycles. The Kier molecular flexibility index (Phi) is 3.92. The summed E-state index contributed by atoms with van der Waals surface area (Å²) in [5, 5.41) is 11.8. The number of rotatable bonds is 5. The summed E-state index contributed by atoms with van der Waals surface area (Å²) in [4.78, 5) is 0. The topological polar surface area (TPSA) is 52.8 Å². The van der Waals surface area contributed by atoms with Crippen molar-refractivity contribution in [3.05, 3.63) is 30.1 Å². The van der Waals surface area contributed by atoms with Crippen LogP contribution in [-0.2, 0) is 6.42 Å². The molecule has 1 aromatic carbocycles. The minimum Gasteiger partial charge on any atom is -0.489 e. The molecule has 1 aromatic heterocycles. The Morgan fingerprint density at radius 3 is 2.78 bits per heavy atom. The van der Waals surface area contributed by atoms with Gasteiger partial charge in [0.15, 0.2) is 5.82 Å². The van der Waals surface area contributed by atoms with E-state index in [0.29, 0.717) is 0 Å². The van der Waals surface area contributed by atoms with Crippen molar-refractivity contribution in [2.24, 2.45) is 0 Å². The Labute approximate surface area is 107 Å². The molecule has 0 atom stereocenters. The van der Waals surface area contributed by atoms with E-state index >= 15 is 0 Å². The highest BCUT2D eigenvalue weighted by atomic mass is 16.5. The Hall–Kier alpha value is -1.91. The van der Waals surface area contributed by atoms with Crippen LogP contribution in [0.2, 0.25) is 0 Å². The summed E-state index contributed by atoms with van der Waals surface area (Å²) >= 11 is 0. The lowest BCUT2D eigenvalue weighted by molar-refractivity contribution is 0.241. The van der Waals surface area contributed by atoms with Crippen molar-refractivity contribution in [1.29, 1.82) is 0 Å². The first-order chi connectivity index (χ1) is 8.72. The molecule has 0 aliphatic heterocycles. The lowest BCUT2D eigenvalue weighted by atomic mass is 10.2. The van der Waals surface area contributed by atoms with E-state index in [4.69, 9.17) is 4.74 Å². The lowest BCUT2D eigenvalue weighted by Gasteiger charge is -2.14. The first kappa shape index (κ1) is 12.5. The van der Waals surface area contributed by atoms with Crippen LogP contribution in [0.15, 0.2) is 24.3 Å². The number of aryl methyl sites for hydroxylation is 1.